The Kier molecular flexibility index (Phi) is 5.47. The molecule has 146 valence electrons. The fraction of sp³-hybridized carbons (Fsp3) is 0.176. The minimum atomic E-state index is -4.12. The van der Waals surface area contributed by atoms with Crippen LogP contribution in [0.3, 0.4) is 0 Å². The van der Waals surface area contributed by atoms with Crippen LogP contribution in [0.4, 0.5) is 5.69 Å². The summed E-state index contributed by atoms with van der Waals surface area (Å²) in [4.78, 5) is 17.3. The Bertz CT molecular complexity index is 1120. The summed E-state index contributed by atoms with van der Waals surface area (Å²) in [6, 6.07) is 8.29. The first-order chi connectivity index (χ1) is 13.2. The zero-order chi connectivity index (χ0) is 20.5. The zero-order valence-corrected chi connectivity index (χ0v) is 17.1. The van der Waals surface area contributed by atoms with E-state index in [0.29, 0.717) is 5.69 Å². The second kappa shape index (κ2) is 7.54. The van der Waals surface area contributed by atoms with Gasteiger partial charge < -0.3 is 10.2 Å². The molecule has 0 bridgehead atoms. The summed E-state index contributed by atoms with van der Waals surface area (Å²) < 4.78 is 28.0. The number of aryl methyl sites for hydroxylation is 1. The second-order valence-corrected chi connectivity index (χ2v) is 9.12. The lowest BCUT2D eigenvalue weighted by atomic mass is 10.1. The molecule has 0 saturated carbocycles. The van der Waals surface area contributed by atoms with E-state index in [1.807, 2.05) is 13.0 Å². The van der Waals surface area contributed by atoms with Crippen LogP contribution in [0, 0.1) is 18.3 Å². The molecule has 1 atom stereocenters. The van der Waals surface area contributed by atoms with Gasteiger partial charge in [0, 0.05) is 0 Å². The number of carbonyl (C=O) groups excluding carboxylic acids is 1. The Balaban J connectivity index is 1.88. The zero-order valence-electron chi connectivity index (χ0n) is 14.7. The summed E-state index contributed by atoms with van der Waals surface area (Å²) in [5.74, 6) is -0.641. The van der Waals surface area contributed by atoms with Crippen LogP contribution in [0.15, 0.2) is 45.8 Å². The first-order valence-electron chi connectivity index (χ1n) is 7.89. The van der Waals surface area contributed by atoms with E-state index in [1.165, 1.54) is 24.6 Å². The molecule has 3 rings (SSSR count). The van der Waals surface area contributed by atoms with Crippen molar-refractivity contribution < 1.29 is 18.0 Å². The molecule has 3 N–H and O–H groups in total. The second-order valence-electron chi connectivity index (χ2n) is 6.15. The molecule has 0 saturated heterocycles. The predicted octanol–water partition coefficient (Wildman–Crippen LogP) is 2.79. The lowest BCUT2D eigenvalue weighted by Gasteiger charge is -2.24. The predicted molar refractivity (Wildman–Crippen MR) is 105 cm³/mol. The average molecular weight is 439 g/mol. The number of hydrogen-bond donors (Lipinski definition) is 3. The van der Waals surface area contributed by atoms with E-state index in [1.54, 1.807) is 18.2 Å². The van der Waals surface area contributed by atoms with Crippen molar-refractivity contribution in [2.75, 3.05) is 5.32 Å². The lowest BCUT2D eigenvalue weighted by molar-refractivity contribution is 0.100. The van der Waals surface area contributed by atoms with Gasteiger partial charge in [-0.1, -0.05) is 17.7 Å². The number of amides is 1. The summed E-state index contributed by atoms with van der Waals surface area (Å²) >= 11 is 6.95. The summed E-state index contributed by atoms with van der Waals surface area (Å²) in [5.41, 5.74) is 2.54. The number of thiophene rings is 1. The average Bonchev–Trinajstić information content (AvgIpc) is 3.24. The number of hydrogen-bond acceptors (Lipinski definition) is 7. The van der Waals surface area contributed by atoms with Gasteiger partial charge in [-0.2, -0.15) is 9.98 Å². The van der Waals surface area contributed by atoms with Crippen molar-refractivity contribution in [1.29, 1.82) is 5.26 Å². The minimum absolute atomic E-state index is 0.0282. The van der Waals surface area contributed by atoms with Crippen molar-refractivity contribution in [1.82, 2.24) is 10.2 Å². The number of nitrogens with zero attached hydrogens (tertiary/aromatic N) is 1. The van der Waals surface area contributed by atoms with Crippen molar-refractivity contribution in [3.05, 3.63) is 56.9 Å². The molecule has 2 heterocycles. The van der Waals surface area contributed by atoms with E-state index in [2.05, 4.69) is 15.5 Å². The van der Waals surface area contributed by atoms with Gasteiger partial charge in [-0.3, -0.25) is 4.79 Å². The Hall–Kier alpha value is -2.42. The van der Waals surface area contributed by atoms with Gasteiger partial charge in [0.2, 0.25) is 10.0 Å². The molecular formula is C17H15ClN4O4S2. The van der Waals surface area contributed by atoms with Crippen LogP contribution in [-0.4, -0.2) is 20.0 Å². The van der Waals surface area contributed by atoms with Crippen LogP contribution < -0.4 is 15.5 Å². The fourth-order valence-electron chi connectivity index (χ4n) is 2.47. The number of benzene rings is 1. The highest BCUT2D eigenvalue weighted by atomic mass is 35.5. The Morgan fingerprint density at radius 3 is 2.79 bits per heavy atom. The number of rotatable bonds is 5. The van der Waals surface area contributed by atoms with E-state index in [0.717, 1.165) is 16.9 Å². The van der Waals surface area contributed by atoms with Crippen molar-refractivity contribution in [2.24, 2.45) is 0 Å². The van der Waals surface area contributed by atoms with Crippen LogP contribution in [-0.2, 0) is 14.9 Å². The van der Waals surface area contributed by atoms with Gasteiger partial charge in [0.25, 0.3) is 5.91 Å². The molecule has 1 aliphatic rings. The molecule has 0 aliphatic carbocycles. The molecule has 8 nitrogen and oxygen atoms in total. The standard InChI is InChI=1S/C17H15ClN4O4S2/c1-10-3-4-12(11(7-10)8-19)20-16(23)15-13(5-6-27-15)28(24,25)22-17(2)14(18)9-26-21-17/h3-7,9,21-22H,1-2H3,(H,20,23). The van der Waals surface area contributed by atoms with Crippen LogP contribution in [0.25, 0.3) is 0 Å². The Morgan fingerprint density at radius 2 is 2.14 bits per heavy atom. The van der Waals surface area contributed by atoms with Crippen molar-refractivity contribution in [3.8, 4) is 6.07 Å². The molecule has 2 aromatic rings. The molecule has 0 fully saturated rings. The number of hydroxylamine groups is 1. The van der Waals surface area contributed by atoms with Crippen molar-refractivity contribution in [3.63, 3.8) is 0 Å². The molecule has 1 unspecified atom stereocenters. The third-order valence-corrected chi connectivity index (χ3v) is 7.02. The minimum Gasteiger partial charge on any atom is -0.413 e. The molecule has 28 heavy (non-hydrogen) atoms. The number of anilines is 1. The molecule has 0 radical (unpaired) electrons. The molecule has 1 aromatic carbocycles. The topological polar surface area (TPSA) is 120 Å². The van der Waals surface area contributed by atoms with E-state index in [9.17, 15) is 18.5 Å². The Morgan fingerprint density at radius 1 is 1.39 bits per heavy atom. The highest BCUT2D eigenvalue weighted by Crippen LogP contribution is 2.29. The molecule has 11 heteroatoms. The molecule has 0 spiro atoms. The maximum Gasteiger partial charge on any atom is 0.267 e. The van der Waals surface area contributed by atoms with Gasteiger partial charge in [0.1, 0.15) is 22.1 Å². The van der Waals surface area contributed by atoms with Gasteiger partial charge in [-0.15, -0.1) is 16.8 Å². The first kappa shape index (κ1) is 20.3. The number of carbonyl (C=O) groups is 1. The van der Waals surface area contributed by atoms with Crippen LogP contribution in [0.2, 0.25) is 0 Å². The molecular weight excluding hydrogens is 424 g/mol. The first-order valence-corrected chi connectivity index (χ1v) is 10.6. The SMILES string of the molecule is Cc1ccc(NC(=O)c2sccc2S(=O)(=O)NC2(C)NOC=C2Cl)c(C#N)c1. The van der Waals surface area contributed by atoms with E-state index < -0.39 is 21.6 Å². The molecule has 1 aliphatic heterocycles. The van der Waals surface area contributed by atoms with Gasteiger partial charge in [-0.05, 0) is 43.0 Å². The van der Waals surface area contributed by atoms with Crippen LogP contribution >= 0.6 is 22.9 Å². The normalized spacial score (nSPS) is 18.9. The number of nitriles is 1. The number of nitrogens with one attached hydrogen (secondary N) is 3. The summed E-state index contributed by atoms with van der Waals surface area (Å²) in [7, 11) is -4.12. The highest BCUT2D eigenvalue weighted by molar-refractivity contribution is 7.89. The fourth-order valence-corrected chi connectivity index (χ4v) is 5.28. The van der Waals surface area contributed by atoms with Crippen LogP contribution in [0.5, 0.6) is 0 Å². The number of sulfonamides is 1. The molecule has 1 amide bonds. The lowest BCUT2D eigenvalue weighted by Crippen LogP contribution is -2.53. The van der Waals surface area contributed by atoms with E-state index in [-0.39, 0.29) is 20.4 Å². The maximum absolute atomic E-state index is 12.8. The van der Waals surface area contributed by atoms with Gasteiger partial charge in [0.05, 0.1) is 16.3 Å². The van der Waals surface area contributed by atoms with Crippen molar-refractivity contribution in [2.45, 2.75) is 24.4 Å². The van der Waals surface area contributed by atoms with Gasteiger partial charge in [-0.25, -0.2) is 8.42 Å². The third-order valence-electron chi connectivity index (χ3n) is 3.91. The monoisotopic (exact) mass is 438 g/mol. The van der Waals surface area contributed by atoms with E-state index in [4.69, 9.17) is 16.4 Å². The van der Waals surface area contributed by atoms with E-state index >= 15 is 0 Å². The highest BCUT2D eigenvalue weighted by Gasteiger charge is 2.39. The summed E-state index contributed by atoms with van der Waals surface area (Å²) in [6.07, 6.45) is 1.17. The smallest absolute Gasteiger partial charge is 0.267 e. The van der Waals surface area contributed by atoms with Gasteiger partial charge in [0.15, 0.2) is 5.66 Å². The Labute approximate surface area is 170 Å². The van der Waals surface area contributed by atoms with Crippen LogP contribution in [0.1, 0.15) is 27.7 Å². The third kappa shape index (κ3) is 3.89. The van der Waals surface area contributed by atoms with Gasteiger partial charge >= 0.3 is 0 Å². The summed E-state index contributed by atoms with van der Waals surface area (Å²) in [6.45, 7) is 3.30. The molecule has 1 aromatic heterocycles. The maximum atomic E-state index is 12.8. The number of halogens is 1. The summed E-state index contributed by atoms with van der Waals surface area (Å²) in [5, 5.41) is 13.4. The quantitative estimate of drug-likeness (QED) is 0.660. The van der Waals surface area contributed by atoms with Crippen molar-refractivity contribution >= 4 is 44.6 Å². The largest absolute Gasteiger partial charge is 0.413 e.